The summed E-state index contributed by atoms with van der Waals surface area (Å²) in [6, 6.07) is 3.22. The fraction of sp³-hybridized carbons (Fsp3) is 0.364. The van der Waals surface area contributed by atoms with Crippen LogP contribution >= 0.6 is 28.1 Å². The van der Waals surface area contributed by atoms with Gasteiger partial charge in [-0.2, -0.15) is 0 Å². The van der Waals surface area contributed by atoms with Crippen molar-refractivity contribution in [3.63, 3.8) is 0 Å². The molecule has 0 saturated heterocycles. The molecule has 2 rings (SSSR count). The van der Waals surface area contributed by atoms with Gasteiger partial charge in [0.1, 0.15) is 5.82 Å². The Labute approximate surface area is 112 Å². The lowest BCUT2D eigenvalue weighted by Crippen LogP contribution is -2.11. The van der Waals surface area contributed by atoms with Gasteiger partial charge in [-0.3, -0.25) is 0 Å². The van der Waals surface area contributed by atoms with Gasteiger partial charge in [-0.15, -0.1) is 0 Å². The highest BCUT2D eigenvalue weighted by molar-refractivity contribution is 9.10. The van der Waals surface area contributed by atoms with Gasteiger partial charge in [0.2, 0.25) is 0 Å². The molecule has 2 aromatic rings. The maximum absolute atomic E-state index is 13.5. The predicted octanol–water partition coefficient (Wildman–Crippen LogP) is 3.81. The van der Waals surface area contributed by atoms with E-state index < -0.39 is 0 Å². The van der Waals surface area contributed by atoms with E-state index in [9.17, 15) is 4.39 Å². The molecule has 0 aliphatic heterocycles. The molecule has 3 nitrogen and oxygen atoms in total. The monoisotopic (exact) mass is 318 g/mol. The minimum absolute atomic E-state index is 0.0572. The quantitative estimate of drug-likeness (QED) is 0.872. The van der Waals surface area contributed by atoms with Crippen molar-refractivity contribution >= 4 is 39.2 Å². The zero-order valence-electron chi connectivity index (χ0n) is 9.46. The Morgan fingerprint density at radius 2 is 2.29 bits per heavy atom. The van der Waals surface area contributed by atoms with Crippen LogP contribution in [0.2, 0.25) is 0 Å². The summed E-state index contributed by atoms with van der Waals surface area (Å²) >= 11 is 8.40. The molecule has 0 amide bonds. The second-order valence-corrected chi connectivity index (χ2v) is 5.13. The molecule has 92 valence electrons. The van der Waals surface area contributed by atoms with Crippen molar-refractivity contribution in [2.45, 2.75) is 13.0 Å². The van der Waals surface area contributed by atoms with E-state index in [2.05, 4.69) is 20.9 Å². The Morgan fingerprint density at radius 1 is 1.59 bits per heavy atom. The molecule has 1 aromatic heterocycles. The molecule has 1 atom stereocenters. The standard InChI is InChI=1S/C11H12BrFN2OS/c1-6(5-16-2)15-10-4-8(13)7(12)3-9(10)14-11(15)17/h3-4,6H,5H2,1-2H3,(H,14,17). The van der Waals surface area contributed by atoms with Crippen molar-refractivity contribution < 1.29 is 9.13 Å². The van der Waals surface area contributed by atoms with Crippen LogP contribution in [0.5, 0.6) is 0 Å². The minimum atomic E-state index is -0.301. The first kappa shape index (κ1) is 12.7. The van der Waals surface area contributed by atoms with E-state index >= 15 is 0 Å². The zero-order valence-corrected chi connectivity index (χ0v) is 11.9. The number of hydrogen-bond donors (Lipinski definition) is 1. The van der Waals surface area contributed by atoms with E-state index in [4.69, 9.17) is 17.0 Å². The van der Waals surface area contributed by atoms with Crippen molar-refractivity contribution in [1.29, 1.82) is 0 Å². The molecule has 0 bridgehead atoms. The van der Waals surface area contributed by atoms with Crippen LogP contribution in [-0.4, -0.2) is 23.3 Å². The number of imidazole rings is 1. The topological polar surface area (TPSA) is 29.9 Å². The highest BCUT2D eigenvalue weighted by Crippen LogP contribution is 2.25. The van der Waals surface area contributed by atoms with Crippen LogP contribution in [0.15, 0.2) is 16.6 Å². The van der Waals surface area contributed by atoms with Crippen LogP contribution in [0, 0.1) is 10.6 Å². The normalized spacial score (nSPS) is 13.2. The maximum Gasteiger partial charge on any atom is 0.178 e. The van der Waals surface area contributed by atoms with Crippen molar-refractivity contribution in [1.82, 2.24) is 9.55 Å². The van der Waals surface area contributed by atoms with Crippen molar-refractivity contribution in [2.75, 3.05) is 13.7 Å². The Morgan fingerprint density at radius 3 is 2.94 bits per heavy atom. The molecule has 0 radical (unpaired) electrons. The predicted molar refractivity (Wildman–Crippen MR) is 71.4 cm³/mol. The molecule has 0 aliphatic carbocycles. The van der Waals surface area contributed by atoms with Gasteiger partial charge in [-0.25, -0.2) is 4.39 Å². The number of methoxy groups -OCH3 is 1. The van der Waals surface area contributed by atoms with Gasteiger partial charge < -0.3 is 14.3 Å². The molecule has 0 saturated carbocycles. The first-order valence-electron chi connectivity index (χ1n) is 5.12. The summed E-state index contributed by atoms with van der Waals surface area (Å²) < 4.78 is 21.5. The number of fused-ring (bicyclic) bond motifs is 1. The van der Waals surface area contributed by atoms with Gasteiger partial charge in [-0.05, 0) is 41.1 Å². The van der Waals surface area contributed by atoms with E-state index in [0.29, 0.717) is 15.9 Å². The Balaban J connectivity index is 2.66. The number of nitrogens with one attached hydrogen (secondary N) is 1. The SMILES string of the molecule is COCC(C)n1c(=S)[nH]c2cc(Br)c(F)cc21. The van der Waals surface area contributed by atoms with Gasteiger partial charge in [-0.1, -0.05) is 0 Å². The number of rotatable bonds is 3. The number of hydrogen-bond acceptors (Lipinski definition) is 2. The largest absolute Gasteiger partial charge is 0.383 e. The molecule has 1 heterocycles. The van der Waals surface area contributed by atoms with Crippen LogP contribution in [-0.2, 0) is 4.74 Å². The average molecular weight is 319 g/mol. The molecule has 1 aromatic carbocycles. The number of ether oxygens (including phenoxy) is 1. The van der Waals surface area contributed by atoms with Crippen LogP contribution < -0.4 is 0 Å². The summed E-state index contributed by atoms with van der Waals surface area (Å²) in [5.74, 6) is -0.301. The van der Waals surface area contributed by atoms with Gasteiger partial charge >= 0.3 is 0 Å². The third-order valence-corrected chi connectivity index (χ3v) is 3.51. The summed E-state index contributed by atoms with van der Waals surface area (Å²) in [4.78, 5) is 3.06. The smallest absolute Gasteiger partial charge is 0.178 e. The molecule has 0 aliphatic rings. The summed E-state index contributed by atoms with van der Waals surface area (Å²) in [6.07, 6.45) is 0. The van der Waals surface area contributed by atoms with E-state index in [1.807, 2.05) is 11.5 Å². The van der Waals surface area contributed by atoms with Crippen molar-refractivity contribution in [3.05, 3.63) is 27.2 Å². The average Bonchev–Trinajstić information content (AvgIpc) is 2.55. The summed E-state index contributed by atoms with van der Waals surface area (Å²) in [5, 5.41) is 0. The molecule has 1 N–H and O–H groups in total. The van der Waals surface area contributed by atoms with Gasteiger partial charge in [0.15, 0.2) is 4.77 Å². The summed E-state index contributed by atoms with van der Waals surface area (Å²) in [6.45, 7) is 2.51. The van der Waals surface area contributed by atoms with Gasteiger partial charge in [0.05, 0.1) is 28.2 Å². The zero-order chi connectivity index (χ0) is 12.6. The number of nitrogens with zero attached hydrogens (tertiary/aromatic N) is 1. The van der Waals surface area contributed by atoms with E-state index in [-0.39, 0.29) is 11.9 Å². The lowest BCUT2D eigenvalue weighted by atomic mass is 10.3. The maximum atomic E-state index is 13.5. The van der Waals surface area contributed by atoms with Crippen LogP contribution in [0.25, 0.3) is 11.0 Å². The first-order chi connectivity index (χ1) is 8.04. The van der Waals surface area contributed by atoms with E-state index in [0.717, 1.165) is 11.0 Å². The number of halogens is 2. The lowest BCUT2D eigenvalue weighted by Gasteiger charge is -2.13. The molecule has 0 fully saturated rings. The summed E-state index contributed by atoms with van der Waals surface area (Å²) in [5.41, 5.74) is 1.56. The second-order valence-electron chi connectivity index (χ2n) is 3.89. The van der Waals surface area contributed by atoms with E-state index in [1.165, 1.54) is 6.07 Å². The van der Waals surface area contributed by atoms with Gasteiger partial charge in [0.25, 0.3) is 0 Å². The highest BCUT2D eigenvalue weighted by atomic mass is 79.9. The molecular formula is C11H12BrFN2OS. The minimum Gasteiger partial charge on any atom is -0.383 e. The first-order valence-corrected chi connectivity index (χ1v) is 6.33. The third-order valence-electron chi connectivity index (χ3n) is 2.61. The Bertz CT molecular complexity index is 607. The number of H-pyrrole nitrogens is 1. The molecular weight excluding hydrogens is 307 g/mol. The Kier molecular flexibility index (Phi) is 3.65. The van der Waals surface area contributed by atoms with Crippen LogP contribution in [0.4, 0.5) is 4.39 Å². The molecule has 1 unspecified atom stereocenters. The molecule has 6 heteroatoms. The third kappa shape index (κ3) is 2.29. The highest BCUT2D eigenvalue weighted by Gasteiger charge is 2.13. The van der Waals surface area contributed by atoms with Gasteiger partial charge in [0, 0.05) is 13.2 Å². The van der Waals surface area contributed by atoms with E-state index in [1.54, 1.807) is 13.2 Å². The number of aromatic amines is 1. The Hall–Kier alpha value is -0.720. The fourth-order valence-corrected chi connectivity index (χ4v) is 2.61. The number of aromatic nitrogens is 2. The second kappa shape index (κ2) is 4.88. The lowest BCUT2D eigenvalue weighted by molar-refractivity contribution is 0.163. The van der Waals surface area contributed by atoms with Crippen molar-refractivity contribution in [3.8, 4) is 0 Å². The number of benzene rings is 1. The van der Waals surface area contributed by atoms with Crippen molar-refractivity contribution in [2.24, 2.45) is 0 Å². The fourth-order valence-electron chi connectivity index (χ4n) is 1.87. The summed E-state index contributed by atoms with van der Waals surface area (Å²) in [7, 11) is 1.63. The van der Waals surface area contributed by atoms with Crippen LogP contribution in [0.3, 0.4) is 0 Å². The van der Waals surface area contributed by atoms with Crippen LogP contribution in [0.1, 0.15) is 13.0 Å². The molecule has 17 heavy (non-hydrogen) atoms. The molecule has 0 spiro atoms.